The van der Waals surface area contributed by atoms with Gasteiger partial charge in [0.2, 0.25) is 5.91 Å². The Bertz CT molecular complexity index is 1450. The summed E-state index contributed by atoms with van der Waals surface area (Å²) in [4.78, 5) is 25.1. The van der Waals surface area contributed by atoms with Crippen LogP contribution in [0.3, 0.4) is 0 Å². The zero-order valence-electron chi connectivity index (χ0n) is 41.2. The number of likely N-dealkylation sites (N-methyl/N-ethyl adjacent to an activating group) is 1. The second kappa shape index (κ2) is 45.1. The van der Waals surface area contributed by atoms with E-state index in [-0.39, 0.29) is 19.1 Å². The number of unbranched alkanes of at least 4 members (excludes halogenated alkanes) is 10. The average Bonchev–Trinajstić information content (AvgIpc) is 3.25. The van der Waals surface area contributed by atoms with Crippen molar-refractivity contribution in [2.24, 2.45) is 0 Å². The molecule has 0 aromatic rings. The molecule has 0 aromatic carbocycles. The largest absolute Gasteiger partial charge is 0.756 e. The van der Waals surface area contributed by atoms with E-state index in [1.807, 2.05) is 21.1 Å². The van der Waals surface area contributed by atoms with E-state index in [1.165, 1.54) is 6.42 Å². The smallest absolute Gasteiger partial charge is 0.268 e. The fourth-order valence-corrected chi connectivity index (χ4v) is 7.02. The Hall–Kier alpha value is -3.10. The number of hydrogen-bond acceptors (Lipinski definition) is 6. The van der Waals surface area contributed by atoms with Gasteiger partial charge in [0.05, 0.1) is 39.9 Å². The van der Waals surface area contributed by atoms with E-state index in [0.29, 0.717) is 23.9 Å². The first-order valence-electron chi connectivity index (χ1n) is 24.9. The van der Waals surface area contributed by atoms with Crippen molar-refractivity contribution in [1.82, 2.24) is 5.32 Å². The van der Waals surface area contributed by atoms with Crippen molar-refractivity contribution < 1.29 is 32.9 Å². The molecule has 0 aliphatic carbocycles. The van der Waals surface area contributed by atoms with Crippen LogP contribution in [0.1, 0.15) is 168 Å². The fraction of sp³-hybridized carbons (Fsp3) is 0.618. The summed E-state index contributed by atoms with van der Waals surface area (Å²) in [7, 11) is 1.27. The van der Waals surface area contributed by atoms with Gasteiger partial charge in [-0.2, -0.15) is 0 Å². The molecular formula is C55H93N2O6P. The van der Waals surface area contributed by atoms with Crippen LogP contribution >= 0.6 is 7.82 Å². The van der Waals surface area contributed by atoms with Gasteiger partial charge in [-0.3, -0.25) is 9.36 Å². The Morgan fingerprint density at radius 2 is 0.953 bits per heavy atom. The zero-order valence-corrected chi connectivity index (χ0v) is 42.1. The third kappa shape index (κ3) is 46.9. The molecule has 0 aliphatic rings. The van der Waals surface area contributed by atoms with E-state index in [0.717, 1.165) is 135 Å². The van der Waals surface area contributed by atoms with E-state index < -0.39 is 20.0 Å². The minimum Gasteiger partial charge on any atom is -0.756 e. The Morgan fingerprint density at radius 3 is 1.39 bits per heavy atom. The number of rotatable bonds is 43. The number of nitrogens with one attached hydrogen (secondary N) is 1. The fourth-order valence-electron chi connectivity index (χ4n) is 6.30. The van der Waals surface area contributed by atoms with Crippen molar-refractivity contribution in [1.29, 1.82) is 0 Å². The Kier molecular flexibility index (Phi) is 42.9. The molecule has 0 heterocycles. The summed E-state index contributed by atoms with van der Waals surface area (Å²) < 4.78 is 23.1. The number of aliphatic hydroxyl groups is 1. The van der Waals surface area contributed by atoms with Gasteiger partial charge >= 0.3 is 0 Å². The molecule has 1 amide bonds. The molecule has 64 heavy (non-hydrogen) atoms. The third-order valence-corrected chi connectivity index (χ3v) is 11.2. The van der Waals surface area contributed by atoms with Crippen molar-refractivity contribution in [2.45, 2.75) is 180 Å². The Morgan fingerprint density at radius 1 is 0.562 bits per heavy atom. The van der Waals surface area contributed by atoms with Crippen LogP contribution in [0.25, 0.3) is 0 Å². The van der Waals surface area contributed by atoms with Gasteiger partial charge in [-0.25, -0.2) is 0 Å². The molecule has 8 nitrogen and oxygen atoms in total. The molecule has 0 radical (unpaired) electrons. The van der Waals surface area contributed by atoms with Crippen molar-refractivity contribution in [3.63, 3.8) is 0 Å². The second-order valence-electron chi connectivity index (χ2n) is 17.4. The lowest BCUT2D eigenvalue weighted by Crippen LogP contribution is -2.46. The highest BCUT2D eigenvalue weighted by molar-refractivity contribution is 7.45. The molecule has 0 spiro atoms. The molecule has 0 saturated carbocycles. The van der Waals surface area contributed by atoms with Gasteiger partial charge in [-0.15, -0.1) is 0 Å². The Labute approximate surface area is 393 Å². The van der Waals surface area contributed by atoms with E-state index in [1.54, 1.807) is 0 Å². The lowest BCUT2D eigenvalue weighted by molar-refractivity contribution is -0.870. The van der Waals surface area contributed by atoms with Gasteiger partial charge in [0.15, 0.2) is 0 Å². The third-order valence-electron chi connectivity index (χ3n) is 10.2. The van der Waals surface area contributed by atoms with Crippen LogP contribution in [0.5, 0.6) is 0 Å². The molecule has 2 N–H and O–H groups in total. The minimum absolute atomic E-state index is 0.00139. The van der Waals surface area contributed by atoms with Gasteiger partial charge in [0.25, 0.3) is 7.82 Å². The van der Waals surface area contributed by atoms with Crippen LogP contribution < -0.4 is 10.2 Å². The van der Waals surface area contributed by atoms with Crippen LogP contribution in [-0.4, -0.2) is 68.5 Å². The van der Waals surface area contributed by atoms with Gasteiger partial charge in [-0.05, 0) is 89.9 Å². The second-order valence-corrected chi connectivity index (χ2v) is 18.8. The molecule has 364 valence electrons. The monoisotopic (exact) mass is 909 g/mol. The summed E-state index contributed by atoms with van der Waals surface area (Å²) in [6.07, 6.45) is 67.0. The standard InChI is InChI=1S/C55H93N2O6P/c1-6-8-10-12-13-14-15-16-17-18-19-20-21-22-23-24-25-26-27-28-29-30-31-32-33-34-35-36-37-38-39-40-41-42-43-45-47-49-55(59)56-53(54(58)48-46-44-11-9-7-2)52-63-64(60,61)62-51-50-57(3,4)5/h8,10,13-14,16-17,19-20,22-23,25-26,28-29,31-32,34-35,37-38,53-54,58H,6-7,9,11-12,15,18,21,24,27,30,33,36,39-52H2,1-5H3,(H-,56,59,60,61)/b10-8-,14-13-,17-16-,20-19-,23-22-,26-25-,29-28-,32-31-,35-34-,38-37-. The number of aliphatic hydroxyl groups excluding tert-OH is 1. The highest BCUT2D eigenvalue weighted by atomic mass is 31.2. The number of carbonyl (C=O) groups is 1. The first-order chi connectivity index (χ1) is 31.0. The van der Waals surface area contributed by atoms with Crippen LogP contribution in [0.2, 0.25) is 0 Å². The molecule has 0 rings (SSSR count). The highest BCUT2D eigenvalue weighted by Gasteiger charge is 2.24. The SMILES string of the molecule is CC/C=C\C/C=C\C/C=C\C/C=C\C/C=C\C/C=C\C/C=C\C/C=C\C/C=C\C/C=C\CCCCCCCCC(=O)NC(COP(=O)([O-])OCC[N+](C)(C)C)C(O)CCCCCCC. The van der Waals surface area contributed by atoms with Gasteiger partial charge in [0, 0.05) is 6.42 Å². The van der Waals surface area contributed by atoms with Crippen molar-refractivity contribution >= 4 is 13.7 Å². The predicted octanol–water partition coefficient (Wildman–Crippen LogP) is 14.0. The van der Waals surface area contributed by atoms with Crippen molar-refractivity contribution in [3.05, 3.63) is 122 Å². The number of quaternary nitrogens is 1. The normalized spacial score (nSPS) is 15.2. The van der Waals surface area contributed by atoms with Crippen LogP contribution in [0, 0.1) is 0 Å². The maximum absolute atomic E-state index is 12.8. The quantitative estimate of drug-likeness (QED) is 0.0273. The predicted molar refractivity (Wildman–Crippen MR) is 274 cm³/mol. The van der Waals surface area contributed by atoms with Crippen LogP contribution in [-0.2, 0) is 18.4 Å². The van der Waals surface area contributed by atoms with Gasteiger partial charge in [0.1, 0.15) is 13.2 Å². The summed E-state index contributed by atoms with van der Waals surface area (Å²) in [5.74, 6) is -0.193. The number of hydrogen-bond donors (Lipinski definition) is 2. The van der Waals surface area contributed by atoms with Crippen LogP contribution in [0.4, 0.5) is 0 Å². The van der Waals surface area contributed by atoms with Crippen LogP contribution in [0.15, 0.2) is 122 Å². The molecule has 3 unspecified atom stereocenters. The maximum atomic E-state index is 12.8. The number of allylic oxidation sites excluding steroid dienone is 20. The molecular weight excluding hydrogens is 816 g/mol. The first kappa shape index (κ1) is 60.9. The minimum atomic E-state index is -4.56. The number of phosphoric acid groups is 1. The summed E-state index contributed by atoms with van der Waals surface area (Å²) in [5, 5.41) is 13.7. The lowest BCUT2D eigenvalue weighted by Gasteiger charge is -2.30. The number of nitrogens with zero attached hydrogens (tertiary/aromatic N) is 1. The summed E-state index contributed by atoms with van der Waals surface area (Å²) >= 11 is 0. The van der Waals surface area contributed by atoms with E-state index >= 15 is 0 Å². The van der Waals surface area contributed by atoms with Gasteiger partial charge < -0.3 is 28.8 Å². The topological polar surface area (TPSA) is 108 Å². The summed E-state index contributed by atoms with van der Waals surface area (Å²) in [5.41, 5.74) is 0. The molecule has 0 aromatic heterocycles. The number of phosphoric ester groups is 1. The van der Waals surface area contributed by atoms with E-state index in [4.69, 9.17) is 9.05 Å². The molecule has 0 saturated heterocycles. The number of amides is 1. The van der Waals surface area contributed by atoms with Crippen molar-refractivity contribution in [2.75, 3.05) is 40.9 Å². The Balaban J connectivity index is 4.02. The molecule has 0 aliphatic heterocycles. The summed E-state index contributed by atoms with van der Waals surface area (Å²) in [6, 6.07) is -0.813. The molecule has 3 atom stereocenters. The van der Waals surface area contributed by atoms with E-state index in [2.05, 4.69) is 141 Å². The average molecular weight is 909 g/mol. The van der Waals surface area contributed by atoms with Gasteiger partial charge in [-0.1, -0.05) is 193 Å². The molecule has 9 heteroatoms. The highest BCUT2D eigenvalue weighted by Crippen LogP contribution is 2.38. The van der Waals surface area contributed by atoms with E-state index in [9.17, 15) is 19.4 Å². The lowest BCUT2D eigenvalue weighted by atomic mass is 10.0. The molecule has 0 bridgehead atoms. The number of carbonyl (C=O) groups excluding carboxylic acids is 1. The summed E-state index contributed by atoms with van der Waals surface area (Å²) in [6.45, 7) is 4.46. The maximum Gasteiger partial charge on any atom is 0.268 e. The van der Waals surface area contributed by atoms with Crippen molar-refractivity contribution in [3.8, 4) is 0 Å². The molecule has 0 fully saturated rings. The first-order valence-corrected chi connectivity index (χ1v) is 26.3. The zero-order chi connectivity index (χ0) is 47.1.